The summed E-state index contributed by atoms with van der Waals surface area (Å²) in [5.41, 5.74) is 2.80. The molecule has 1 aliphatic rings. The number of nitrogens with zero attached hydrogens (tertiary/aromatic N) is 1. The van der Waals surface area contributed by atoms with E-state index < -0.39 is 5.92 Å². The van der Waals surface area contributed by atoms with E-state index in [1.165, 1.54) is 6.92 Å². The Bertz CT molecular complexity index is 913. The van der Waals surface area contributed by atoms with Crippen LogP contribution in [0.25, 0.3) is 0 Å². The van der Waals surface area contributed by atoms with E-state index >= 15 is 0 Å². The lowest BCUT2D eigenvalue weighted by Gasteiger charge is -2.18. The zero-order valence-corrected chi connectivity index (χ0v) is 15.8. The third kappa shape index (κ3) is 4.46. The molecule has 0 spiro atoms. The minimum atomic E-state index is -0.458. The molecule has 2 aromatic rings. The van der Waals surface area contributed by atoms with E-state index in [2.05, 4.69) is 10.6 Å². The summed E-state index contributed by atoms with van der Waals surface area (Å²) in [6, 6.07) is 12.3. The van der Waals surface area contributed by atoms with Crippen LogP contribution in [0.3, 0.4) is 0 Å². The Kier molecular flexibility index (Phi) is 5.46. The number of aryl methyl sites for hydroxylation is 1. The molecule has 0 unspecified atom stereocenters. The maximum absolute atomic E-state index is 12.6. The van der Waals surface area contributed by atoms with Gasteiger partial charge in [0.1, 0.15) is 0 Å². The van der Waals surface area contributed by atoms with E-state index in [0.29, 0.717) is 22.1 Å². The van der Waals surface area contributed by atoms with Crippen LogP contribution in [0.15, 0.2) is 42.5 Å². The van der Waals surface area contributed by atoms with Gasteiger partial charge in [0, 0.05) is 42.0 Å². The van der Waals surface area contributed by atoms with Gasteiger partial charge in [0.05, 0.1) is 5.92 Å². The normalized spacial score (nSPS) is 16.3. The summed E-state index contributed by atoms with van der Waals surface area (Å²) in [6.07, 6.45) is 0.135. The molecule has 1 atom stereocenters. The van der Waals surface area contributed by atoms with Crippen LogP contribution in [0, 0.1) is 12.8 Å². The number of halogens is 1. The van der Waals surface area contributed by atoms with E-state index in [1.807, 2.05) is 13.0 Å². The first-order valence-electron chi connectivity index (χ1n) is 8.58. The molecule has 1 fully saturated rings. The van der Waals surface area contributed by atoms with E-state index in [4.69, 9.17) is 11.6 Å². The van der Waals surface area contributed by atoms with Crippen LogP contribution in [-0.2, 0) is 14.4 Å². The predicted molar refractivity (Wildman–Crippen MR) is 106 cm³/mol. The number of amides is 3. The molecule has 2 aromatic carbocycles. The topological polar surface area (TPSA) is 78.5 Å². The van der Waals surface area contributed by atoms with Crippen LogP contribution in [0.5, 0.6) is 0 Å². The third-order valence-electron chi connectivity index (χ3n) is 4.43. The molecule has 1 heterocycles. The highest BCUT2D eigenvalue weighted by Crippen LogP contribution is 2.28. The first kappa shape index (κ1) is 18.9. The minimum Gasteiger partial charge on any atom is -0.326 e. The summed E-state index contributed by atoms with van der Waals surface area (Å²) in [6.45, 7) is 3.59. The number of benzene rings is 2. The van der Waals surface area contributed by atoms with Gasteiger partial charge in [-0.1, -0.05) is 23.7 Å². The zero-order chi connectivity index (χ0) is 19.6. The predicted octanol–water partition coefficient (Wildman–Crippen LogP) is 3.60. The molecule has 6 nitrogen and oxygen atoms in total. The molecule has 1 aliphatic heterocycles. The van der Waals surface area contributed by atoms with Crippen molar-refractivity contribution in [2.24, 2.45) is 5.92 Å². The number of hydrogen-bond donors (Lipinski definition) is 2. The number of carbonyl (C=O) groups is 3. The Morgan fingerprint density at radius 2 is 1.93 bits per heavy atom. The van der Waals surface area contributed by atoms with Crippen LogP contribution < -0.4 is 15.5 Å². The van der Waals surface area contributed by atoms with Crippen molar-refractivity contribution in [3.05, 3.63) is 53.1 Å². The van der Waals surface area contributed by atoms with E-state index in [1.54, 1.807) is 41.3 Å². The second-order valence-corrected chi connectivity index (χ2v) is 7.02. The molecular weight excluding hydrogens is 366 g/mol. The first-order valence-corrected chi connectivity index (χ1v) is 8.96. The maximum atomic E-state index is 12.6. The molecule has 27 heavy (non-hydrogen) atoms. The van der Waals surface area contributed by atoms with Crippen LogP contribution in [-0.4, -0.2) is 24.3 Å². The summed E-state index contributed by atoms with van der Waals surface area (Å²) in [5.74, 6) is -0.985. The van der Waals surface area contributed by atoms with Gasteiger partial charge in [0.25, 0.3) is 0 Å². The molecule has 0 aromatic heterocycles. The average Bonchev–Trinajstić information content (AvgIpc) is 3.00. The summed E-state index contributed by atoms with van der Waals surface area (Å²) in [5, 5.41) is 6.09. The lowest BCUT2D eigenvalue weighted by atomic mass is 10.1. The lowest BCUT2D eigenvalue weighted by molar-refractivity contribution is -0.122. The standard InChI is InChI=1S/C20H20ClN3O3/c1-12-6-7-15(21)9-18(12)23-20(27)14-8-19(26)24(11-14)17-5-3-4-16(10-17)22-13(2)25/h3-7,9-10,14H,8,11H2,1-2H3,(H,22,25)(H,23,27)/t14-/m0/s1. The van der Waals surface area contributed by atoms with Crippen molar-refractivity contribution in [3.63, 3.8) is 0 Å². The monoisotopic (exact) mass is 385 g/mol. The van der Waals surface area contributed by atoms with Crippen LogP contribution >= 0.6 is 11.6 Å². The summed E-state index contributed by atoms with van der Waals surface area (Å²) >= 11 is 5.99. The largest absolute Gasteiger partial charge is 0.326 e. The molecule has 0 bridgehead atoms. The highest BCUT2D eigenvalue weighted by atomic mass is 35.5. The van der Waals surface area contributed by atoms with Crippen molar-refractivity contribution in [1.82, 2.24) is 0 Å². The number of nitrogens with one attached hydrogen (secondary N) is 2. The summed E-state index contributed by atoms with van der Waals surface area (Å²) in [7, 11) is 0. The second kappa shape index (κ2) is 7.80. The first-order chi connectivity index (χ1) is 12.8. The van der Waals surface area contributed by atoms with Crippen LogP contribution in [0.2, 0.25) is 5.02 Å². The molecule has 0 aliphatic carbocycles. The molecule has 3 amide bonds. The summed E-state index contributed by atoms with van der Waals surface area (Å²) in [4.78, 5) is 37.8. The van der Waals surface area contributed by atoms with Crippen LogP contribution in [0.4, 0.5) is 17.1 Å². The lowest BCUT2D eigenvalue weighted by Crippen LogP contribution is -2.28. The third-order valence-corrected chi connectivity index (χ3v) is 4.67. The Balaban J connectivity index is 1.72. The molecule has 1 saturated heterocycles. The number of rotatable bonds is 4. The summed E-state index contributed by atoms with van der Waals surface area (Å²) < 4.78 is 0. The number of carbonyl (C=O) groups excluding carboxylic acids is 3. The highest BCUT2D eigenvalue weighted by molar-refractivity contribution is 6.31. The Hall–Kier alpha value is -2.86. The van der Waals surface area contributed by atoms with Gasteiger partial charge in [-0.3, -0.25) is 14.4 Å². The second-order valence-electron chi connectivity index (χ2n) is 6.59. The van der Waals surface area contributed by atoms with Crippen molar-refractivity contribution in [3.8, 4) is 0 Å². The smallest absolute Gasteiger partial charge is 0.229 e. The molecule has 0 saturated carbocycles. The van der Waals surface area contributed by atoms with Crippen molar-refractivity contribution in [2.75, 3.05) is 22.1 Å². The molecule has 0 radical (unpaired) electrons. The Morgan fingerprint density at radius 1 is 1.15 bits per heavy atom. The highest BCUT2D eigenvalue weighted by Gasteiger charge is 2.35. The maximum Gasteiger partial charge on any atom is 0.229 e. The molecule has 7 heteroatoms. The van der Waals surface area contributed by atoms with Gasteiger partial charge in [-0.25, -0.2) is 0 Å². The van der Waals surface area contributed by atoms with Crippen molar-refractivity contribution in [2.45, 2.75) is 20.3 Å². The number of anilines is 3. The fraction of sp³-hybridized carbons (Fsp3) is 0.250. The molecule has 140 valence electrons. The van der Waals surface area contributed by atoms with Crippen molar-refractivity contribution >= 4 is 46.4 Å². The zero-order valence-electron chi connectivity index (χ0n) is 15.1. The fourth-order valence-electron chi connectivity index (χ4n) is 3.05. The van der Waals surface area contributed by atoms with E-state index in [0.717, 1.165) is 5.56 Å². The van der Waals surface area contributed by atoms with Gasteiger partial charge in [-0.05, 0) is 42.8 Å². The van der Waals surface area contributed by atoms with Crippen LogP contribution in [0.1, 0.15) is 18.9 Å². The van der Waals surface area contributed by atoms with E-state index in [9.17, 15) is 14.4 Å². The van der Waals surface area contributed by atoms with Gasteiger partial charge in [0.2, 0.25) is 17.7 Å². The van der Waals surface area contributed by atoms with E-state index in [-0.39, 0.29) is 30.7 Å². The quantitative estimate of drug-likeness (QED) is 0.844. The SMILES string of the molecule is CC(=O)Nc1cccc(N2C[C@@H](C(=O)Nc3cc(Cl)ccc3C)CC2=O)c1. The van der Waals surface area contributed by atoms with Crippen molar-refractivity contribution in [1.29, 1.82) is 0 Å². The van der Waals surface area contributed by atoms with Gasteiger partial charge >= 0.3 is 0 Å². The fourth-order valence-corrected chi connectivity index (χ4v) is 3.22. The molecule has 3 rings (SSSR count). The van der Waals surface area contributed by atoms with Gasteiger partial charge in [0.15, 0.2) is 0 Å². The van der Waals surface area contributed by atoms with Gasteiger partial charge in [-0.2, -0.15) is 0 Å². The molecule has 2 N–H and O–H groups in total. The Labute approximate surface area is 162 Å². The van der Waals surface area contributed by atoms with Gasteiger partial charge in [-0.15, -0.1) is 0 Å². The van der Waals surface area contributed by atoms with Crippen molar-refractivity contribution < 1.29 is 14.4 Å². The average molecular weight is 386 g/mol. The minimum absolute atomic E-state index is 0.127. The number of hydrogen-bond acceptors (Lipinski definition) is 3. The Morgan fingerprint density at radius 3 is 2.67 bits per heavy atom. The molecular formula is C20H20ClN3O3. The van der Waals surface area contributed by atoms with Gasteiger partial charge < -0.3 is 15.5 Å².